The molecule has 0 saturated heterocycles. The Hall–Kier alpha value is -2.84. The molecule has 4 aromatic carbocycles. The molecule has 0 aliphatic carbocycles. The summed E-state index contributed by atoms with van der Waals surface area (Å²) < 4.78 is 76.0. The Morgan fingerprint density at radius 2 is 1.04 bits per heavy atom. The van der Waals surface area contributed by atoms with Crippen LogP contribution in [0.4, 0.5) is 0 Å². The molecule has 0 aliphatic heterocycles. The second kappa shape index (κ2) is 23.8. The van der Waals surface area contributed by atoms with Crippen molar-refractivity contribution in [3.8, 4) is 34.5 Å². The normalized spacial score (nSPS) is 11.2. The van der Waals surface area contributed by atoms with Crippen LogP contribution < -0.4 is 14.6 Å². The minimum Gasteiger partial charge on any atom is -0.870 e. The first-order valence-corrected chi connectivity index (χ1v) is 20.8. The average Bonchev–Trinajstić information content (AvgIpc) is 3.09. The van der Waals surface area contributed by atoms with E-state index in [1.807, 2.05) is 36.4 Å². The van der Waals surface area contributed by atoms with Gasteiger partial charge in [0.05, 0.1) is 9.79 Å². The van der Waals surface area contributed by atoms with Crippen molar-refractivity contribution in [3.05, 3.63) is 96.1 Å². The monoisotopic (exact) mass is 794 g/mol. The summed E-state index contributed by atoms with van der Waals surface area (Å²) in [5, 5.41) is 21.7. The number of benzene rings is 4. The van der Waals surface area contributed by atoms with Gasteiger partial charge in [0.1, 0.15) is 27.4 Å². The summed E-state index contributed by atoms with van der Waals surface area (Å²) in [6, 6.07) is 21.3. The van der Waals surface area contributed by atoms with E-state index in [4.69, 9.17) is 14.0 Å². The van der Waals surface area contributed by atoms with E-state index >= 15 is 0 Å². The number of unbranched alkanes of at least 4 members (excludes halogenated alkanes) is 10. The molecule has 13 heteroatoms. The molecule has 0 fully saturated rings. The second-order valence-electron chi connectivity index (χ2n) is 12.7. The number of phenols is 1. The molecule has 0 unspecified atom stereocenters. The molecule has 4 aromatic rings. The fraction of sp³-hybridized carbons (Fsp3) is 0.400. The van der Waals surface area contributed by atoms with Crippen molar-refractivity contribution < 1.29 is 45.6 Å². The van der Waals surface area contributed by atoms with E-state index in [-0.39, 0.29) is 59.9 Å². The maximum Gasteiger partial charge on any atom is 2.00 e. The second-order valence-corrected chi connectivity index (χ2v) is 15.5. The molecule has 4 rings (SSSR count). The Kier molecular flexibility index (Phi) is 20.8. The van der Waals surface area contributed by atoms with E-state index in [0.717, 1.165) is 67.1 Å². The number of aromatic hydroxyl groups is 1. The van der Waals surface area contributed by atoms with Gasteiger partial charge in [0.2, 0.25) is 0 Å². The molecule has 0 aliphatic rings. The predicted octanol–water partition coefficient (Wildman–Crippen LogP) is 9.31. The van der Waals surface area contributed by atoms with Gasteiger partial charge in [-0.25, -0.2) is 8.42 Å². The molecule has 10 nitrogen and oxygen atoms in total. The first-order chi connectivity index (χ1) is 24.8. The fourth-order valence-electron chi connectivity index (χ4n) is 5.46. The Morgan fingerprint density at radius 3 is 1.53 bits per heavy atom. The molecule has 0 radical (unpaired) electrons. The first kappa shape index (κ1) is 46.3. The maximum atomic E-state index is 11.9. The molecule has 0 bridgehead atoms. The van der Waals surface area contributed by atoms with Gasteiger partial charge >= 0.3 is 37.7 Å². The van der Waals surface area contributed by atoms with Gasteiger partial charge in [-0.2, -0.15) is 8.42 Å². The van der Waals surface area contributed by atoms with E-state index < -0.39 is 30.9 Å². The van der Waals surface area contributed by atoms with Gasteiger partial charge in [-0.3, -0.25) is 4.55 Å². The zero-order valence-corrected chi connectivity index (χ0v) is 34.5. The molecule has 0 spiro atoms. The van der Waals surface area contributed by atoms with Gasteiger partial charge in [-0.15, -0.1) is 0 Å². The van der Waals surface area contributed by atoms with E-state index in [1.54, 1.807) is 12.1 Å². The SMILES string of the molecule is CCCCCCCCc1cccc(Oc2cc(S(=O)(=O)O)ccc2O)c1.CCCCCCCCc1cccc(Oc2cc(S(=O)(=O)[O-])ccc2[O-])c1.[Ca+2]. The van der Waals surface area contributed by atoms with Crippen molar-refractivity contribution in [3.63, 3.8) is 0 Å². The summed E-state index contributed by atoms with van der Waals surface area (Å²) >= 11 is 0. The van der Waals surface area contributed by atoms with Gasteiger partial charge in [0.15, 0.2) is 11.5 Å². The van der Waals surface area contributed by atoms with E-state index in [0.29, 0.717) is 11.5 Å². The van der Waals surface area contributed by atoms with E-state index in [2.05, 4.69) is 13.8 Å². The largest absolute Gasteiger partial charge is 2.00 e. The Morgan fingerprint density at radius 1 is 0.585 bits per heavy atom. The van der Waals surface area contributed by atoms with Crippen LogP contribution in [0, 0.1) is 0 Å². The third kappa shape index (κ3) is 17.4. The van der Waals surface area contributed by atoms with Gasteiger partial charge in [0, 0.05) is 6.07 Å². The zero-order valence-electron chi connectivity index (χ0n) is 30.7. The maximum absolute atomic E-state index is 11.9. The molecular formula is C40H50CaO10S2. The standard InChI is InChI=1S/2C20H26O5S.Ca/c2*1-2-3-4-5-6-7-9-16-10-8-11-17(14-16)25-20-15-18(26(22,23)24)12-13-19(20)21;/h2*8,10-15,21H,2-7,9H2,1H3,(H,22,23,24);/q;;+2/p-2. The number of phenolic OH excluding ortho intramolecular Hbond substituents is 1. The third-order valence-electron chi connectivity index (χ3n) is 8.32. The van der Waals surface area contributed by atoms with Crippen LogP contribution in [-0.4, -0.2) is 68.8 Å². The number of ether oxygens (including phenoxy) is 2. The Bertz CT molecular complexity index is 1780. The molecule has 284 valence electrons. The van der Waals surface area contributed by atoms with Gasteiger partial charge < -0.3 is 24.2 Å². The quantitative estimate of drug-likeness (QED) is 0.0499. The topological polar surface area (TPSA) is 173 Å². The van der Waals surface area contributed by atoms with Crippen molar-refractivity contribution in [1.82, 2.24) is 0 Å². The minimum absolute atomic E-state index is 0. The first-order valence-electron chi connectivity index (χ1n) is 17.9. The Labute approximate surface area is 345 Å². The van der Waals surface area contributed by atoms with E-state index in [1.165, 1.54) is 70.3 Å². The molecule has 0 amide bonds. The van der Waals surface area contributed by atoms with Crippen LogP contribution in [0.25, 0.3) is 0 Å². The van der Waals surface area contributed by atoms with Crippen molar-refractivity contribution in [2.45, 2.75) is 114 Å². The summed E-state index contributed by atoms with van der Waals surface area (Å²) in [4.78, 5) is -0.802. The predicted molar refractivity (Wildman–Crippen MR) is 205 cm³/mol. The zero-order chi connectivity index (χ0) is 38.0. The summed E-state index contributed by atoms with van der Waals surface area (Å²) in [5.41, 5.74) is 2.22. The number of hydrogen-bond donors (Lipinski definition) is 2. The number of aryl methyl sites for hydroxylation is 2. The van der Waals surface area contributed by atoms with Crippen LogP contribution in [0.2, 0.25) is 0 Å². The summed E-state index contributed by atoms with van der Waals surface area (Å²) in [7, 11) is -8.99. The molecule has 0 saturated carbocycles. The van der Waals surface area contributed by atoms with Gasteiger partial charge in [0.25, 0.3) is 10.1 Å². The molecular weight excluding hydrogens is 745 g/mol. The molecule has 0 heterocycles. The van der Waals surface area contributed by atoms with Crippen molar-refractivity contribution in [2.75, 3.05) is 0 Å². The molecule has 53 heavy (non-hydrogen) atoms. The Balaban J connectivity index is 0.000000360. The van der Waals surface area contributed by atoms with Crippen LogP contribution in [0.15, 0.2) is 94.7 Å². The van der Waals surface area contributed by atoms with E-state index in [9.17, 15) is 31.6 Å². The van der Waals surface area contributed by atoms with Crippen molar-refractivity contribution >= 4 is 58.0 Å². The fourth-order valence-corrected chi connectivity index (χ4v) is 6.44. The van der Waals surface area contributed by atoms with Crippen LogP contribution in [0.5, 0.6) is 34.5 Å². The average molecular weight is 795 g/mol. The van der Waals surface area contributed by atoms with Gasteiger partial charge in [-0.05, 0) is 85.3 Å². The smallest absolute Gasteiger partial charge is 0.870 e. The summed E-state index contributed by atoms with van der Waals surface area (Å²) in [6.07, 6.45) is 16.5. The van der Waals surface area contributed by atoms with Gasteiger partial charge in [-0.1, -0.05) is 114 Å². The van der Waals surface area contributed by atoms with Crippen LogP contribution in [0.3, 0.4) is 0 Å². The molecule has 0 aromatic heterocycles. The van der Waals surface area contributed by atoms with Crippen LogP contribution in [0.1, 0.15) is 102 Å². The van der Waals surface area contributed by atoms with Crippen molar-refractivity contribution in [1.29, 1.82) is 0 Å². The minimum atomic E-state index is -4.63. The van der Waals surface area contributed by atoms with Crippen LogP contribution in [-0.2, 0) is 33.1 Å². The summed E-state index contributed by atoms with van der Waals surface area (Å²) in [5.74, 6) is 0.107. The molecule has 2 N–H and O–H groups in total. The molecule has 0 atom stereocenters. The van der Waals surface area contributed by atoms with Crippen molar-refractivity contribution in [2.24, 2.45) is 0 Å². The number of hydrogen-bond acceptors (Lipinski definition) is 9. The third-order valence-corrected chi connectivity index (χ3v) is 10.0. The summed E-state index contributed by atoms with van der Waals surface area (Å²) in [6.45, 7) is 4.40. The van der Waals surface area contributed by atoms with Crippen LogP contribution >= 0.6 is 0 Å². The number of rotatable bonds is 20.